The van der Waals surface area contributed by atoms with Gasteiger partial charge in [0.15, 0.2) is 0 Å². The Balaban J connectivity index is 1.69. The van der Waals surface area contributed by atoms with E-state index in [2.05, 4.69) is 10.6 Å². The van der Waals surface area contributed by atoms with Crippen LogP contribution in [-0.4, -0.2) is 41.7 Å². The average molecular weight is 289 g/mol. The van der Waals surface area contributed by atoms with E-state index < -0.39 is 11.6 Å². The minimum Gasteiger partial charge on any atom is -0.383 e. The molecule has 3 rings (SSSR count). The zero-order valence-corrected chi connectivity index (χ0v) is 11.7. The summed E-state index contributed by atoms with van der Waals surface area (Å²) >= 11 is 0. The van der Waals surface area contributed by atoms with E-state index in [1.807, 2.05) is 30.3 Å². The number of hydrogen-bond acceptors (Lipinski definition) is 3. The highest BCUT2D eigenvalue weighted by atomic mass is 16.3. The first-order chi connectivity index (χ1) is 10.1. The molecule has 6 heteroatoms. The molecule has 6 nitrogen and oxygen atoms in total. The molecule has 21 heavy (non-hydrogen) atoms. The van der Waals surface area contributed by atoms with Gasteiger partial charge in [-0.3, -0.25) is 0 Å². The number of hydrogen-bond donors (Lipinski definition) is 3. The number of amides is 4. The SMILES string of the molecule is O=C1NCCN1C(=O)NCC(O)(c1ccccc1)C1CC1. The Bertz CT molecular complexity index is 544. The van der Waals surface area contributed by atoms with Gasteiger partial charge in [0, 0.05) is 13.1 Å². The average Bonchev–Trinajstić information content (AvgIpc) is 3.28. The maximum absolute atomic E-state index is 12.0. The molecule has 1 aromatic rings. The highest BCUT2D eigenvalue weighted by Gasteiger charge is 2.45. The molecule has 0 spiro atoms. The van der Waals surface area contributed by atoms with E-state index in [1.54, 1.807) is 0 Å². The fourth-order valence-electron chi connectivity index (χ4n) is 2.74. The van der Waals surface area contributed by atoms with Crippen LogP contribution in [-0.2, 0) is 5.60 Å². The van der Waals surface area contributed by atoms with E-state index in [-0.39, 0.29) is 18.5 Å². The molecule has 1 saturated heterocycles. The molecule has 2 aliphatic rings. The Morgan fingerprint density at radius 2 is 2.10 bits per heavy atom. The van der Waals surface area contributed by atoms with Crippen LogP contribution >= 0.6 is 0 Å². The van der Waals surface area contributed by atoms with Gasteiger partial charge in [0.05, 0.1) is 6.54 Å². The molecular weight excluding hydrogens is 270 g/mol. The van der Waals surface area contributed by atoms with Crippen LogP contribution in [0.2, 0.25) is 0 Å². The summed E-state index contributed by atoms with van der Waals surface area (Å²) in [5, 5.41) is 16.2. The van der Waals surface area contributed by atoms with Crippen molar-refractivity contribution in [3.05, 3.63) is 35.9 Å². The number of carbonyl (C=O) groups excluding carboxylic acids is 2. The molecule has 0 aromatic heterocycles. The lowest BCUT2D eigenvalue weighted by Gasteiger charge is -2.29. The molecule has 0 radical (unpaired) electrons. The Morgan fingerprint density at radius 1 is 1.38 bits per heavy atom. The monoisotopic (exact) mass is 289 g/mol. The molecule has 1 aromatic carbocycles. The Morgan fingerprint density at radius 3 is 2.67 bits per heavy atom. The molecule has 1 heterocycles. The van der Waals surface area contributed by atoms with E-state index in [0.717, 1.165) is 23.3 Å². The number of benzene rings is 1. The molecule has 1 atom stereocenters. The van der Waals surface area contributed by atoms with Crippen molar-refractivity contribution in [3.63, 3.8) is 0 Å². The largest absolute Gasteiger partial charge is 0.383 e. The second-order valence-electron chi connectivity index (χ2n) is 5.61. The van der Waals surface area contributed by atoms with Crippen molar-refractivity contribution in [1.29, 1.82) is 0 Å². The highest BCUT2D eigenvalue weighted by Crippen LogP contribution is 2.45. The summed E-state index contributed by atoms with van der Waals surface area (Å²) in [6, 6.07) is 8.53. The number of imide groups is 1. The molecule has 1 unspecified atom stereocenters. The first-order valence-electron chi connectivity index (χ1n) is 7.22. The van der Waals surface area contributed by atoms with E-state index in [9.17, 15) is 14.7 Å². The van der Waals surface area contributed by atoms with Gasteiger partial charge in [0.2, 0.25) is 0 Å². The molecule has 2 fully saturated rings. The number of carbonyl (C=O) groups is 2. The summed E-state index contributed by atoms with van der Waals surface area (Å²) in [6.45, 7) is 0.944. The topological polar surface area (TPSA) is 81.7 Å². The lowest BCUT2D eigenvalue weighted by Crippen LogP contribution is -2.48. The van der Waals surface area contributed by atoms with Gasteiger partial charge in [0.1, 0.15) is 5.60 Å². The van der Waals surface area contributed by atoms with Gasteiger partial charge >= 0.3 is 12.1 Å². The van der Waals surface area contributed by atoms with Crippen LogP contribution in [0.15, 0.2) is 30.3 Å². The Kier molecular flexibility index (Phi) is 3.55. The molecule has 1 saturated carbocycles. The zero-order valence-electron chi connectivity index (χ0n) is 11.7. The molecule has 0 bridgehead atoms. The summed E-state index contributed by atoms with van der Waals surface area (Å²) in [5.74, 6) is 0.160. The summed E-state index contributed by atoms with van der Waals surface area (Å²) in [4.78, 5) is 24.6. The van der Waals surface area contributed by atoms with Crippen molar-refractivity contribution in [2.24, 2.45) is 5.92 Å². The first kappa shape index (κ1) is 13.9. The number of aliphatic hydroxyl groups is 1. The van der Waals surface area contributed by atoms with E-state index >= 15 is 0 Å². The van der Waals surface area contributed by atoms with E-state index in [1.165, 1.54) is 0 Å². The fourth-order valence-corrected chi connectivity index (χ4v) is 2.74. The second kappa shape index (κ2) is 5.37. The maximum atomic E-state index is 12.0. The molecule has 1 aliphatic carbocycles. The van der Waals surface area contributed by atoms with Crippen LogP contribution in [0, 0.1) is 5.92 Å². The number of urea groups is 2. The summed E-state index contributed by atoms with van der Waals surface area (Å²) in [5.41, 5.74) is -0.258. The smallest absolute Gasteiger partial charge is 0.325 e. The first-order valence-corrected chi connectivity index (χ1v) is 7.22. The van der Waals surface area contributed by atoms with Crippen molar-refractivity contribution >= 4 is 12.1 Å². The number of nitrogens with one attached hydrogen (secondary N) is 2. The van der Waals surface area contributed by atoms with Crippen molar-refractivity contribution in [2.75, 3.05) is 19.6 Å². The fraction of sp³-hybridized carbons (Fsp3) is 0.467. The summed E-state index contributed by atoms with van der Waals surface area (Å²) < 4.78 is 0. The lowest BCUT2D eigenvalue weighted by atomic mass is 9.89. The predicted octanol–water partition coefficient (Wildman–Crippen LogP) is 1.02. The molecule has 3 N–H and O–H groups in total. The van der Waals surface area contributed by atoms with Crippen molar-refractivity contribution in [3.8, 4) is 0 Å². The van der Waals surface area contributed by atoms with Crippen molar-refractivity contribution < 1.29 is 14.7 Å². The van der Waals surface area contributed by atoms with E-state index in [0.29, 0.717) is 13.1 Å². The van der Waals surface area contributed by atoms with Gasteiger partial charge < -0.3 is 15.7 Å². The Hall–Kier alpha value is -2.08. The zero-order chi connectivity index (χ0) is 14.9. The molecular formula is C15H19N3O3. The minimum absolute atomic E-state index is 0.115. The standard InChI is InChI=1S/C15H19N3O3/c19-13-16-8-9-18(13)14(20)17-10-15(21,12-6-7-12)11-4-2-1-3-5-11/h1-5,12,21H,6-10H2,(H,16,19)(H,17,20). The Labute approximate surface area is 123 Å². The highest BCUT2D eigenvalue weighted by molar-refractivity contribution is 5.94. The third kappa shape index (κ3) is 2.71. The van der Waals surface area contributed by atoms with Crippen molar-refractivity contribution in [2.45, 2.75) is 18.4 Å². The normalized spacial score (nSPS) is 20.8. The lowest BCUT2D eigenvalue weighted by molar-refractivity contribution is 0.0152. The van der Waals surface area contributed by atoms with Crippen LogP contribution < -0.4 is 10.6 Å². The summed E-state index contributed by atoms with van der Waals surface area (Å²) in [6.07, 6.45) is 1.90. The van der Waals surface area contributed by atoms with Gasteiger partial charge in [-0.05, 0) is 24.3 Å². The van der Waals surface area contributed by atoms with Gasteiger partial charge in [-0.25, -0.2) is 14.5 Å². The van der Waals surface area contributed by atoms with Gasteiger partial charge in [-0.15, -0.1) is 0 Å². The van der Waals surface area contributed by atoms with Gasteiger partial charge in [-0.2, -0.15) is 0 Å². The van der Waals surface area contributed by atoms with Crippen LogP contribution in [0.25, 0.3) is 0 Å². The maximum Gasteiger partial charge on any atom is 0.325 e. The second-order valence-corrected chi connectivity index (χ2v) is 5.61. The minimum atomic E-state index is -1.06. The predicted molar refractivity (Wildman–Crippen MR) is 76.6 cm³/mol. The number of rotatable bonds is 4. The van der Waals surface area contributed by atoms with E-state index in [4.69, 9.17) is 0 Å². The van der Waals surface area contributed by atoms with Crippen LogP contribution in [0.4, 0.5) is 9.59 Å². The van der Waals surface area contributed by atoms with Crippen LogP contribution in [0.3, 0.4) is 0 Å². The van der Waals surface area contributed by atoms with Crippen LogP contribution in [0.5, 0.6) is 0 Å². The summed E-state index contributed by atoms with van der Waals surface area (Å²) in [7, 11) is 0. The van der Waals surface area contributed by atoms with Crippen molar-refractivity contribution in [1.82, 2.24) is 15.5 Å². The number of nitrogens with zero attached hydrogens (tertiary/aromatic N) is 1. The molecule has 1 aliphatic heterocycles. The van der Waals surface area contributed by atoms with Gasteiger partial charge in [0.25, 0.3) is 0 Å². The molecule has 112 valence electrons. The third-order valence-electron chi connectivity index (χ3n) is 4.14. The van der Waals surface area contributed by atoms with Crippen LogP contribution in [0.1, 0.15) is 18.4 Å². The van der Waals surface area contributed by atoms with Gasteiger partial charge in [-0.1, -0.05) is 30.3 Å². The quantitative estimate of drug-likeness (QED) is 0.774. The third-order valence-corrected chi connectivity index (χ3v) is 4.14. The molecule has 4 amide bonds.